The van der Waals surface area contributed by atoms with Crippen LogP contribution in [-0.2, 0) is 0 Å². The van der Waals surface area contributed by atoms with Gasteiger partial charge in [-0.25, -0.2) is 0 Å². The molecule has 0 aliphatic rings. The number of benzene rings is 1. The lowest BCUT2D eigenvalue weighted by Crippen LogP contribution is -2.21. The van der Waals surface area contributed by atoms with Crippen LogP contribution < -0.4 is 9.47 Å². The van der Waals surface area contributed by atoms with Crippen LogP contribution >= 0.6 is 0 Å². The van der Waals surface area contributed by atoms with E-state index >= 15 is 0 Å². The fourth-order valence-corrected chi connectivity index (χ4v) is 1.95. The molecule has 0 radical (unpaired) electrons. The summed E-state index contributed by atoms with van der Waals surface area (Å²) in [5.41, 5.74) is 0.769. The predicted molar refractivity (Wildman–Crippen MR) is 81.5 cm³/mol. The van der Waals surface area contributed by atoms with Gasteiger partial charge in [-0.05, 0) is 47.9 Å². The minimum absolute atomic E-state index is 0.0252. The molecule has 0 amide bonds. The van der Waals surface area contributed by atoms with E-state index < -0.39 is 6.10 Å². The van der Waals surface area contributed by atoms with Crippen LogP contribution in [-0.4, -0.2) is 42.9 Å². The van der Waals surface area contributed by atoms with Gasteiger partial charge in [0.2, 0.25) is 0 Å². The molecular weight excluding hydrogens is 254 g/mol. The third-order valence-electron chi connectivity index (χ3n) is 2.62. The summed E-state index contributed by atoms with van der Waals surface area (Å²) < 4.78 is 11.7. The first-order chi connectivity index (χ1) is 9.31. The van der Waals surface area contributed by atoms with Gasteiger partial charge in [-0.1, -0.05) is 12.1 Å². The molecule has 1 rings (SSSR count). The van der Waals surface area contributed by atoms with Crippen LogP contribution in [0.5, 0.6) is 11.5 Å². The molecule has 20 heavy (non-hydrogen) atoms. The van der Waals surface area contributed by atoms with Gasteiger partial charge in [0.15, 0.2) is 11.5 Å². The Hall–Kier alpha value is -1.26. The van der Waals surface area contributed by atoms with Gasteiger partial charge in [0.1, 0.15) is 0 Å². The van der Waals surface area contributed by atoms with Gasteiger partial charge >= 0.3 is 0 Å². The average Bonchev–Trinajstić information content (AvgIpc) is 2.28. The quantitative estimate of drug-likeness (QED) is 0.834. The minimum atomic E-state index is -0.602. The Kier molecular flexibility index (Phi) is 6.30. The zero-order chi connectivity index (χ0) is 15.3. The molecule has 1 aromatic rings. The Morgan fingerprint density at radius 2 is 1.65 bits per heavy atom. The first-order valence-corrected chi connectivity index (χ1v) is 7.10. The number of hydrogen-bond donors (Lipinski definition) is 1. The first-order valence-electron chi connectivity index (χ1n) is 7.10. The van der Waals surface area contributed by atoms with Crippen molar-refractivity contribution in [3.8, 4) is 11.5 Å². The Morgan fingerprint density at radius 3 is 2.15 bits per heavy atom. The average molecular weight is 281 g/mol. The highest BCUT2D eigenvalue weighted by Crippen LogP contribution is 2.36. The SMILES string of the molecule is CC(C)Oc1cccc(C(O)CN(C)C)c1OC(C)C. The van der Waals surface area contributed by atoms with E-state index in [1.165, 1.54) is 0 Å². The molecule has 0 aliphatic heterocycles. The molecule has 1 aromatic carbocycles. The summed E-state index contributed by atoms with van der Waals surface area (Å²) in [7, 11) is 3.86. The number of hydrogen-bond acceptors (Lipinski definition) is 4. The van der Waals surface area contributed by atoms with Crippen molar-refractivity contribution in [1.82, 2.24) is 4.90 Å². The van der Waals surface area contributed by atoms with Crippen LogP contribution in [0.2, 0.25) is 0 Å². The molecule has 0 aromatic heterocycles. The van der Waals surface area contributed by atoms with Crippen LogP contribution in [0.1, 0.15) is 39.4 Å². The van der Waals surface area contributed by atoms with Gasteiger partial charge in [0.05, 0.1) is 18.3 Å². The van der Waals surface area contributed by atoms with Crippen molar-refractivity contribution in [2.24, 2.45) is 0 Å². The van der Waals surface area contributed by atoms with E-state index in [-0.39, 0.29) is 12.2 Å². The maximum absolute atomic E-state index is 10.4. The van der Waals surface area contributed by atoms with Gasteiger partial charge in [0, 0.05) is 12.1 Å². The monoisotopic (exact) mass is 281 g/mol. The summed E-state index contributed by atoms with van der Waals surface area (Å²) in [4.78, 5) is 1.94. The lowest BCUT2D eigenvalue weighted by molar-refractivity contribution is 0.128. The zero-order valence-corrected chi connectivity index (χ0v) is 13.4. The molecule has 0 spiro atoms. The van der Waals surface area contributed by atoms with Crippen molar-refractivity contribution in [2.45, 2.75) is 46.0 Å². The second kappa shape index (κ2) is 7.50. The maximum Gasteiger partial charge on any atom is 0.167 e. The normalized spacial score (nSPS) is 13.1. The van der Waals surface area contributed by atoms with Gasteiger partial charge in [-0.3, -0.25) is 0 Å². The molecule has 0 saturated carbocycles. The van der Waals surface area contributed by atoms with Crippen molar-refractivity contribution < 1.29 is 14.6 Å². The number of ether oxygens (including phenoxy) is 2. The summed E-state index contributed by atoms with van der Waals surface area (Å²) in [6.45, 7) is 8.42. The summed E-state index contributed by atoms with van der Waals surface area (Å²) in [6.07, 6.45) is -0.516. The molecular formula is C16H27NO3. The van der Waals surface area contributed by atoms with E-state index in [9.17, 15) is 5.11 Å². The van der Waals surface area contributed by atoms with Gasteiger partial charge in [0.25, 0.3) is 0 Å². The molecule has 0 fully saturated rings. The van der Waals surface area contributed by atoms with Gasteiger partial charge in [-0.15, -0.1) is 0 Å². The number of aliphatic hydroxyl groups is 1. The van der Waals surface area contributed by atoms with Crippen LogP contribution in [0.4, 0.5) is 0 Å². The fraction of sp³-hybridized carbons (Fsp3) is 0.625. The first kappa shape index (κ1) is 16.8. The van der Waals surface area contributed by atoms with Crippen molar-refractivity contribution >= 4 is 0 Å². The van der Waals surface area contributed by atoms with Crippen LogP contribution in [0.15, 0.2) is 18.2 Å². The van der Waals surface area contributed by atoms with E-state index in [2.05, 4.69) is 0 Å². The van der Waals surface area contributed by atoms with E-state index in [1.807, 2.05) is 64.9 Å². The third kappa shape index (κ3) is 5.02. The zero-order valence-electron chi connectivity index (χ0n) is 13.4. The van der Waals surface area contributed by atoms with Crippen LogP contribution in [0, 0.1) is 0 Å². The molecule has 0 bridgehead atoms. The van der Waals surface area contributed by atoms with Gasteiger partial charge < -0.3 is 19.5 Å². The van der Waals surface area contributed by atoms with Crippen LogP contribution in [0.3, 0.4) is 0 Å². The molecule has 0 heterocycles. The van der Waals surface area contributed by atoms with Crippen LogP contribution in [0.25, 0.3) is 0 Å². The van der Waals surface area contributed by atoms with E-state index in [4.69, 9.17) is 9.47 Å². The number of para-hydroxylation sites is 1. The largest absolute Gasteiger partial charge is 0.487 e. The van der Waals surface area contributed by atoms with E-state index in [0.717, 1.165) is 5.56 Å². The molecule has 1 N–H and O–H groups in total. The van der Waals surface area contributed by atoms with Crippen molar-refractivity contribution in [3.05, 3.63) is 23.8 Å². The topological polar surface area (TPSA) is 41.9 Å². The fourth-order valence-electron chi connectivity index (χ4n) is 1.95. The Morgan fingerprint density at radius 1 is 1.05 bits per heavy atom. The molecule has 4 heteroatoms. The summed E-state index contributed by atoms with van der Waals surface area (Å²) in [5, 5.41) is 10.4. The summed E-state index contributed by atoms with van der Waals surface area (Å²) in [5.74, 6) is 1.33. The molecule has 1 unspecified atom stereocenters. The maximum atomic E-state index is 10.4. The van der Waals surface area contributed by atoms with Crippen molar-refractivity contribution in [3.63, 3.8) is 0 Å². The minimum Gasteiger partial charge on any atom is -0.487 e. The standard InChI is InChI=1S/C16H27NO3/c1-11(2)19-15-9-7-8-13(14(18)10-17(5)6)16(15)20-12(3)4/h7-9,11-12,14,18H,10H2,1-6H3. The highest BCUT2D eigenvalue weighted by atomic mass is 16.5. The predicted octanol–water partition coefficient (Wildman–Crippen LogP) is 2.86. The lowest BCUT2D eigenvalue weighted by atomic mass is 10.1. The smallest absolute Gasteiger partial charge is 0.167 e. The van der Waals surface area contributed by atoms with Crippen molar-refractivity contribution in [1.29, 1.82) is 0 Å². The van der Waals surface area contributed by atoms with E-state index in [0.29, 0.717) is 18.0 Å². The number of nitrogens with zero attached hydrogens (tertiary/aromatic N) is 1. The number of aliphatic hydroxyl groups excluding tert-OH is 1. The molecule has 0 aliphatic carbocycles. The Labute approximate surface area is 122 Å². The second-order valence-electron chi connectivity index (χ2n) is 5.79. The summed E-state index contributed by atoms with van der Waals surface area (Å²) in [6, 6.07) is 5.65. The number of rotatable bonds is 7. The Bertz CT molecular complexity index is 416. The highest BCUT2D eigenvalue weighted by Gasteiger charge is 2.20. The third-order valence-corrected chi connectivity index (χ3v) is 2.62. The van der Waals surface area contributed by atoms with Gasteiger partial charge in [-0.2, -0.15) is 0 Å². The van der Waals surface area contributed by atoms with Crippen molar-refractivity contribution in [2.75, 3.05) is 20.6 Å². The molecule has 0 saturated heterocycles. The molecule has 114 valence electrons. The Balaban J connectivity index is 3.13. The number of likely N-dealkylation sites (N-methyl/N-ethyl adjacent to an activating group) is 1. The second-order valence-corrected chi connectivity index (χ2v) is 5.79. The molecule has 4 nitrogen and oxygen atoms in total. The molecule has 1 atom stereocenters. The lowest BCUT2D eigenvalue weighted by Gasteiger charge is -2.23. The van der Waals surface area contributed by atoms with E-state index in [1.54, 1.807) is 0 Å². The summed E-state index contributed by atoms with van der Waals surface area (Å²) >= 11 is 0. The highest BCUT2D eigenvalue weighted by molar-refractivity contribution is 5.48.